The molecule has 8 nitrogen and oxygen atoms in total. The molecule has 2 aromatic rings. The van der Waals surface area contributed by atoms with Crippen LogP contribution in [0, 0.1) is 0 Å². The molecule has 2 heterocycles. The third-order valence-corrected chi connectivity index (χ3v) is 3.94. The molecule has 0 bridgehead atoms. The van der Waals surface area contributed by atoms with Crippen LogP contribution in [0.3, 0.4) is 0 Å². The van der Waals surface area contributed by atoms with E-state index in [4.69, 9.17) is 5.11 Å². The second-order valence-electron chi connectivity index (χ2n) is 3.82. The van der Waals surface area contributed by atoms with E-state index in [1.807, 2.05) is 0 Å². The fraction of sp³-hybridized carbons (Fsp3) is 0.200. The zero-order valence-corrected chi connectivity index (χ0v) is 10.8. The number of rotatable bonds is 5. The molecule has 0 aliphatic carbocycles. The molecular formula is C10H12N4O4S. The average molecular weight is 284 g/mol. The van der Waals surface area contributed by atoms with Gasteiger partial charge in [0.2, 0.25) is 10.0 Å². The SMILES string of the molecule is Cn1nccc1CNS(=O)(=O)c1c[nH]c(C(=O)O)c1. The van der Waals surface area contributed by atoms with Crippen LogP contribution < -0.4 is 4.72 Å². The zero-order valence-electron chi connectivity index (χ0n) is 9.99. The Morgan fingerprint density at radius 2 is 2.32 bits per heavy atom. The molecule has 0 fully saturated rings. The number of hydrogen-bond acceptors (Lipinski definition) is 4. The van der Waals surface area contributed by atoms with Gasteiger partial charge in [0, 0.05) is 19.4 Å². The van der Waals surface area contributed by atoms with E-state index in [-0.39, 0.29) is 17.1 Å². The maximum atomic E-state index is 11.9. The number of carboxylic acids is 1. The predicted octanol–water partition coefficient (Wildman–Crippen LogP) is -0.0751. The number of H-pyrrole nitrogens is 1. The van der Waals surface area contributed by atoms with Crippen molar-refractivity contribution in [2.75, 3.05) is 0 Å². The molecule has 0 saturated heterocycles. The summed E-state index contributed by atoms with van der Waals surface area (Å²) in [5, 5.41) is 12.6. The fourth-order valence-corrected chi connectivity index (χ4v) is 2.47. The molecule has 2 aromatic heterocycles. The monoisotopic (exact) mass is 284 g/mol. The van der Waals surface area contributed by atoms with Crippen molar-refractivity contribution in [2.45, 2.75) is 11.4 Å². The first-order valence-electron chi connectivity index (χ1n) is 5.28. The standard InChI is InChI=1S/C10H12N4O4S/c1-14-7(2-3-12-14)5-13-19(17,18)8-4-9(10(15)16)11-6-8/h2-4,6,11,13H,5H2,1H3,(H,15,16). The van der Waals surface area contributed by atoms with Gasteiger partial charge in [0.25, 0.3) is 0 Å². The number of aromatic nitrogens is 3. The molecule has 0 radical (unpaired) electrons. The summed E-state index contributed by atoms with van der Waals surface area (Å²) in [5.41, 5.74) is 0.512. The minimum atomic E-state index is -3.75. The molecule has 3 N–H and O–H groups in total. The fourth-order valence-electron chi connectivity index (χ4n) is 1.48. The summed E-state index contributed by atoms with van der Waals surface area (Å²) in [5.74, 6) is -1.21. The highest BCUT2D eigenvalue weighted by Gasteiger charge is 2.18. The number of aryl methyl sites for hydroxylation is 1. The van der Waals surface area contributed by atoms with Crippen molar-refractivity contribution in [3.05, 3.63) is 35.9 Å². The molecule has 0 saturated carbocycles. The van der Waals surface area contributed by atoms with E-state index >= 15 is 0 Å². The topological polar surface area (TPSA) is 117 Å². The van der Waals surface area contributed by atoms with Crippen LogP contribution in [0.25, 0.3) is 0 Å². The van der Waals surface area contributed by atoms with Crippen molar-refractivity contribution in [3.63, 3.8) is 0 Å². The smallest absolute Gasteiger partial charge is 0.352 e. The summed E-state index contributed by atoms with van der Waals surface area (Å²) in [6.07, 6.45) is 2.69. The summed E-state index contributed by atoms with van der Waals surface area (Å²) in [6, 6.07) is 2.75. The normalized spacial score (nSPS) is 11.6. The van der Waals surface area contributed by atoms with Gasteiger partial charge in [-0.15, -0.1) is 0 Å². The van der Waals surface area contributed by atoms with Gasteiger partial charge in [-0.1, -0.05) is 0 Å². The molecule has 0 aromatic carbocycles. The van der Waals surface area contributed by atoms with Crippen molar-refractivity contribution in [1.29, 1.82) is 0 Å². The van der Waals surface area contributed by atoms with Crippen molar-refractivity contribution in [1.82, 2.24) is 19.5 Å². The molecule has 9 heteroatoms. The van der Waals surface area contributed by atoms with Crippen LogP contribution in [-0.4, -0.2) is 34.3 Å². The first kappa shape index (κ1) is 13.3. The summed E-state index contributed by atoms with van der Waals surface area (Å²) >= 11 is 0. The molecule has 2 rings (SSSR count). The number of hydrogen-bond donors (Lipinski definition) is 3. The molecule has 0 amide bonds. The molecular weight excluding hydrogens is 272 g/mol. The van der Waals surface area contributed by atoms with Crippen molar-refractivity contribution in [3.8, 4) is 0 Å². The lowest BCUT2D eigenvalue weighted by atomic mass is 10.4. The van der Waals surface area contributed by atoms with E-state index in [2.05, 4.69) is 14.8 Å². The van der Waals surface area contributed by atoms with E-state index in [0.29, 0.717) is 5.69 Å². The van der Waals surface area contributed by atoms with E-state index in [1.165, 1.54) is 0 Å². The number of nitrogens with zero attached hydrogens (tertiary/aromatic N) is 2. The number of nitrogens with one attached hydrogen (secondary N) is 2. The largest absolute Gasteiger partial charge is 0.477 e. The van der Waals surface area contributed by atoms with Crippen molar-refractivity contribution >= 4 is 16.0 Å². The van der Waals surface area contributed by atoms with E-state index in [0.717, 1.165) is 12.3 Å². The lowest BCUT2D eigenvalue weighted by molar-refractivity contribution is 0.0691. The third kappa shape index (κ3) is 2.83. The number of aromatic carboxylic acids is 1. The Labute approximate surface area is 109 Å². The Morgan fingerprint density at radius 1 is 1.58 bits per heavy atom. The summed E-state index contributed by atoms with van der Waals surface area (Å²) in [7, 11) is -2.05. The first-order chi connectivity index (χ1) is 8.90. The second kappa shape index (κ2) is 4.86. The quantitative estimate of drug-likeness (QED) is 0.710. The number of aromatic amines is 1. The van der Waals surface area contributed by atoms with Gasteiger partial charge >= 0.3 is 5.97 Å². The van der Waals surface area contributed by atoms with Gasteiger partial charge in [-0.3, -0.25) is 4.68 Å². The van der Waals surface area contributed by atoms with Gasteiger partial charge in [0.15, 0.2) is 0 Å². The summed E-state index contributed by atoms with van der Waals surface area (Å²) < 4.78 is 27.8. The second-order valence-corrected chi connectivity index (χ2v) is 5.59. The lowest BCUT2D eigenvalue weighted by Crippen LogP contribution is -2.24. The maximum Gasteiger partial charge on any atom is 0.352 e. The predicted molar refractivity (Wildman–Crippen MR) is 65.0 cm³/mol. The van der Waals surface area contributed by atoms with Gasteiger partial charge in [-0.25, -0.2) is 17.9 Å². The third-order valence-electron chi connectivity index (χ3n) is 2.56. The van der Waals surface area contributed by atoms with Crippen LogP contribution in [0.2, 0.25) is 0 Å². The van der Waals surface area contributed by atoms with E-state index in [1.54, 1.807) is 24.0 Å². The molecule has 19 heavy (non-hydrogen) atoms. The molecule has 0 unspecified atom stereocenters. The Kier molecular flexibility index (Phi) is 3.40. The Morgan fingerprint density at radius 3 is 2.84 bits per heavy atom. The molecule has 0 aliphatic heterocycles. The van der Waals surface area contributed by atoms with Crippen LogP contribution in [0.5, 0.6) is 0 Å². The highest BCUT2D eigenvalue weighted by molar-refractivity contribution is 7.89. The Hall–Kier alpha value is -2.13. The number of carbonyl (C=O) groups is 1. The first-order valence-corrected chi connectivity index (χ1v) is 6.77. The average Bonchev–Trinajstić information content (AvgIpc) is 2.95. The molecule has 0 spiro atoms. The van der Waals surface area contributed by atoms with E-state index < -0.39 is 16.0 Å². The molecule has 0 aliphatic rings. The minimum Gasteiger partial charge on any atom is -0.477 e. The molecule has 102 valence electrons. The van der Waals surface area contributed by atoms with Gasteiger partial charge < -0.3 is 10.1 Å². The zero-order chi connectivity index (χ0) is 14.0. The van der Waals surface area contributed by atoms with E-state index in [9.17, 15) is 13.2 Å². The van der Waals surface area contributed by atoms with Crippen LogP contribution in [0.15, 0.2) is 29.4 Å². The lowest BCUT2D eigenvalue weighted by Gasteiger charge is -2.04. The maximum absolute atomic E-state index is 11.9. The number of carboxylic acid groups (broad SMARTS) is 1. The Balaban J connectivity index is 2.14. The van der Waals surface area contributed by atoms with Gasteiger partial charge in [-0.2, -0.15) is 5.10 Å². The highest BCUT2D eigenvalue weighted by Crippen LogP contribution is 2.11. The Bertz CT molecular complexity index is 701. The highest BCUT2D eigenvalue weighted by atomic mass is 32.2. The van der Waals surface area contributed by atoms with Crippen molar-refractivity contribution < 1.29 is 18.3 Å². The number of sulfonamides is 1. The van der Waals surface area contributed by atoms with Crippen LogP contribution in [0.1, 0.15) is 16.2 Å². The van der Waals surface area contributed by atoms with Crippen LogP contribution >= 0.6 is 0 Å². The summed E-state index contributed by atoms with van der Waals surface area (Å²) in [4.78, 5) is 12.9. The minimum absolute atomic E-state index is 0.0758. The molecule has 0 atom stereocenters. The summed E-state index contributed by atoms with van der Waals surface area (Å²) in [6.45, 7) is 0.0758. The van der Waals surface area contributed by atoms with Crippen LogP contribution in [0.4, 0.5) is 0 Å². The van der Waals surface area contributed by atoms with Crippen molar-refractivity contribution in [2.24, 2.45) is 7.05 Å². The van der Waals surface area contributed by atoms with Crippen LogP contribution in [-0.2, 0) is 23.6 Å². The van der Waals surface area contributed by atoms with Gasteiger partial charge in [0.05, 0.1) is 12.2 Å². The van der Waals surface area contributed by atoms with Gasteiger partial charge in [-0.05, 0) is 12.1 Å². The van der Waals surface area contributed by atoms with Gasteiger partial charge in [0.1, 0.15) is 10.6 Å².